The minimum Gasteiger partial charge on any atom is -0.495 e. The lowest BCUT2D eigenvalue weighted by atomic mass is 10.2. The number of nitrogens with zero attached hydrogens (tertiary/aromatic N) is 1. The Bertz CT molecular complexity index is 975. The van der Waals surface area contributed by atoms with Crippen molar-refractivity contribution in [2.75, 3.05) is 17.7 Å². The predicted octanol–water partition coefficient (Wildman–Crippen LogP) is 4.98. The van der Waals surface area contributed by atoms with Crippen LogP contribution in [0.3, 0.4) is 0 Å². The van der Waals surface area contributed by atoms with E-state index in [1.165, 1.54) is 42.7 Å². The number of amides is 1. The Morgan fingerprint density at radius 1 is 1.14 bits per heavy atom. The zero-order valence-electron chi connectivity index (χ0n) is 15.1. The quantitative estimate of drug-likeness (QED) is 0.561. The molecule has 1 aromatic heterocycles. The number of alkyl halides is 3. The third-order valence-electron chi connectivity index (χ3n) is 3.61. The number of anilines is 3. The van der Waals surface area contributed by atoms with Crippen molar-refractivity contribution < 1.29 is 27.4 Å². The van der Waals surface area contributed by atoms with Gasteiger partial charge in [-0.25, -0.2) is 4.98 Å². The van der Waals surface area contributed by atoms with E-state index < -0.39 is 6.36 Å². The number of nitrogens with one attached hydrogen (secondary N) is 2. The first-order valence-electron chi connectivity index (χ1n) is 8.32. The van der Waals surface area contributed by atoms with Crippen LogP contribution >= 0.6 is 11.3 Å². The Labute approximate surface area is 168 Å². The van der Waals surface area contributed by atoms with Crippen LogP contribution < -0.4 is 20.1 Å². The Morgan fingerprint density at radius 3 is 2.55 bits per heavy atom. The zero-order chi connectivity index (χ0) is 20.9. The van der Waals surface area contributed by atoms with E-state index in [9.17, 15) is 18.0 Å². The van der Waals surface area contributed by atoms with Gasteiger partial charge in [0.2, 0.25) is 5.91 Å². The molecule has 3 rings (SSSR count). The van der Waals surface area contributed by atoms with E-state index >= 15 is 0 Å². The molecule has 0 atom stereocenters. The maximum absolute atomic E-state index is 12.2. The Balaban J connectivity index is 1.57. The Hall–Kier alpha value is -3.27. The van der Waals surface area contributed by atoms with Crippen molar-refractivity contribution in [1.82, 2.24) is 4.98 Å². The number of carbonyl (C=O) groups is 1. The van der Waals surface area contributed by atoms with Gasteiger partial charge in [0.05, 0.1) is 24.9 Å². The molecule has 1 amide bonds. The molecule has 0 aliphatic rings. The molecule has 1 heterocycles. The normalized spacial score (nSPS) is 11.0. The fourth-order valence-corrected chi connectivity index (χ4v) is 3.15. The molecule has 6 nitrogen and oxygen atoms in total. The van der Waals surface area contributed by atoms with Crippen LogP contribution in [0.1, 0.15) is 5.69 Å². The molecular formula is C19H16F3N3O3S. The highest BCUT2D eigenvalue weighted by Crippen LogP contribution is 2.27. The number of thiazole rings is 1. The predicted molar refractivity (Wildman–Crippen MR) is 104 cm³/mol. The van der Waals surface area contributed by atoms with Gasteiger partial charge in [-0.3, -0.25) is 4.79 Å². The molecule has 2 aromatic carbocycles. The van der Waals surface area contributed by atoms with Crippen LogP contribution in [0, 0.1) is 0 Å². The number of rotatable bonds is 7. The molecule has 0 saturated heterocycles. The second-order valence-electron chi connectivity index (χ2n) is 5.77. The average molecular weight is 423 g/mol. The van der Waals surface area contributed by atoms with Gasteiger partial charge in [0.15, 0.2) is 5.13 Å². The van der Waals surface area contributed by atoms with Crippen molar-refractivity contribution in [3.8, 4) is 11.5 Å². The van der Waals surface area contributed by atoms with E-state index in [4.69, 9.17) is 4.74 Å². The highest BCUT2D eigenvalue weighted by Gasteiger charge is 2.30. The van der Waals surface area contributed by atoms with Crippen LogP contribution in [-0.4, -0.2) is 24.4 Å². The lowest BCUT2D eigenvalue weighted by Crippen LogP contribution is -2.16. The van der Waals surface area contributed by atoms with Crippen molar-refractivity contribution in [1.29, 1.82) is 0 Å². The lowest BCUT2D eigenvalue weighted by Gasteiger charge is -2.09. The molecule has 0 bridgehead atoms. The largest absolute Gasteiger partial charge is 0.573 e. The standard InChI is InChI=1S/C19H16F3N3O3S/c1-27-16-5-3-2-4-15(16)25-17(26)10-13-11-29-18(24-13)23-12-6-8-14(9-7-12)28-19(20,21)22/h2-9,11H,10H2,1H3,(H,23,24)(H,25,26). The van der Waals surface area contributed by atoms with Gasteiger partial charge in [0.1, 0.15) is 11.5 Å². The number of hydrogen-bond donors (Lipinski definition) is 2. The molecule has 0 saturated carbocycles. The minimum atomic E-state index is -4.73. The topological polar surface area (TPSA) is 72.5 Å². The first-order valence-corrected chi connectivity index (χ1v) is 9.20. The molecule has 2 N–H and O–H groups in total. The van der Waals surface area contributed by atoms with Gasteiger partial charge in [0, 0.05) is 11.1 Å². The highest BCUT2D eigenvalue weighted by atomic mass is 32.1. The van der Waals surface area contributed by atoms with Crippen LogP contribution in [0.2, 0.25) is 0 Å². The Kier molecular flexibility index (Phi) is 6.23. The molecule has 29 heavy (non-hydrogen) atoms. The number of ether oxygens (including phenoxy) is 2. The number of para-hydroxylation sites is 2. The van der Waals surface area contributed by atoms with Gasteiger partial charge in [-0.05, 0) is 36.4 Å². The van der Waals surface area contributed by atoms with Crippen LogP contribution in [0.15, 0.2) is 53.9 Å². The van der Waals surface area contributed by atoms with Gasteiger partial charge in [-0.2, -0.15) is 0 Å². The minimum absolute atomic E-state index is 0.0641. The molecule has 0 aliphatic carbocycles. The number of benzene rings is 2. The molecule has 0 aliphatic heterocycles. The molecule has 3 aromatic rings. The van der Waals surface area contributed by atoms with E-state index in [2.05, 4.69) is 20.4 Å². The van der Waals surface area contributed by atoms with Gasteiger partial charge in [0.25, 0.3) is 0 Å². The molecule has 10 heteroatoms. The molecule has 152 valence electrons. The summed E-state index contributed by atoms with van der Waals surface area (Å²) in [5.74, 6) is -0.00433. The van der Waals surface area contributed by atoms with E-state index in [1.54, 1.807) is 29.6 Å². The van der Waals surface area contributed by atoms with E-state index in [0.29, 0.717) is 27.9 Å². The summed E-state index contributed by atoms with van der Waals surface area (Å²) in [5.41, 5.74) is 1.66. The zero-order valence-corrected chi connectivity index (χ0v) is 15.9. The van der Waals surface area contributed by atoms with Crippen molar-refractivity contribution in [3.05, 3.63) is 59.6 Å². The summed E-state index contributed by atoms with van der Waals surface area (Å²) >= 11 is 1.28. The first kappa shape index (κ1) is 20.5. The van der Waals surface area contributed by atoms with Crippen molar-refractivity contribution in [3.63, 3.8) is 0 Å². The second kappa shape index (κ2) is 8.82. The van der Waals surface area contributed by atoms with Gasteiger partial charge in [-0.1, -0.05) is 12.1 Å². The summed E-state index contributed by atoms with van der Waals surface area (Å²) in [4.78, 5) is 16.6. The van der Waals surface area contributed by atoms with Crippen molar-refractivity contribution in [2.24, 2.45) is 0 Å². The molecule has 0 fully saturated rings. The number of methoxy groups -OCH3 is 1. The summed E-state index contributed by atoms with van der Waals surface area (Å²) in [7, 11) is 1.52. The van der Waals surface area contributed by atoms with Crippen LogP contribution in [0.5, 0.6) is 11.5 Å². The van der Waals surface area contributed by atoms with Crippen LogP contribution in [-0.2, 0) is 11.2 Å². The summed E-state index contributed by atoms with van der Waals surface area (Å²) in [6.07, 6.45) is -4.67. The molecule has 0 radical (unpaired) electrons. The van der Waals surface area contributed by atoms with Gasteiger partial charge >= 0.3 is 6.36 Å². The summed E-state index contributed by atoms with van der Waals surface area (Å²) in [6, 6.07) is 12.3. The van der Waals surface area contributed by atoms with Crippen molar-refractivity contribution >= 4 is 33.8 Å². The third kappa shape index (κ3) is 6.11. The summed E-state index contributed by atoms with van der Waals surface area (Å²) in [6.45, 7) is 0. The van der Waals surface area contributed by atoms with E-state index in [1.807, 2.05) is 0 Å². The SMILES string of the molecule is COc1ccccc1NC(=O)Cc1csc(Nc2ccc(OC(F)(F)F)cc2)n1. The second-order valence-corrected chi connectivity index (χ2v) is 6.62. The monoisotopic (exact) mass is 423 g/mol. The summed E-state index contributed by atoms with van der Waals surface area (Å²) in [5, 5.41) is 7.98. The number of halogens is 3. The maximum Gasteiger partial charge on any atom is 0.573 e. The third-order valence-corrected chi connectivity index (χ3v) is 4.42. The average Bonchev–Trinajstić information content (AvgIpc) is 3.09. The highest BCUT2D eigenvalue weighted by molar-refractivity contribution is 7.13. The van der Waals surface area contributed by atoms with Crippen LogP contribution in [0.25, 0.3) is 0 Å². The van der Waals surface area contributed by atoms with Gasteiger partial charge in [-0.15, -0.1) is 24.5 Å². The van der Waals surface area contributed by atoms with E-state index in [0.717, 1.165) is 0 Å². The van der Waals surface area contributed by atoms with E-state index in [-0.39, 0.29) is 18.1 Å². The van der Waals surface area contributed by atoms with Crippen molar-refractivity contribution in [2.45, 2.75) is 12.8 Å². The Morgan fingerprint density at radius 2 is 1.86 bits per heavy atom. The fourth-order valence-electron chi connectivity index (χ4n) is 2.42. The summed E-state index contributed by atoms with van der Waals surface area (Å²) < 4.78 is 45.6. The number of aromatic nitrogens is 1. The van der Waals surface area contributed by atoms with Crippen LogP contribution in [0.4, 0.5) is 29.7 Å². The van der Waals surface area contributed by atoms with Gasteiger partial charge < -0.3 is 20.1 Å². The number of carbonyl (C=O) groups excluding carboxylic acids is 1. The lowest BCUT2D eigenvalue weighted by molar-refractivity contribution is -0.274. The smallest absolute Gasteiger partial charge is 0.495 e. The maximum atomic E-state index is 12.2. The number of hydrogen-bond acceptors (Lipinski definition) is 6. The molecule has 0 unspecified atom stereocenters. The molecular weight excluding hydrogens is 407 g/mol. The first-order chi connectivity index (χ1) is 13.8. The molecule has 0 spiro atoms. The fraction of sp³-hybridized carbons (Fsp3) is 0.158.